The Bertz CT molecular complexity index is 798. The fourth-order valence-corrected chi connectivity index (χ4v) is 2.89. The van der Waals surface area contributed by atoms with Gasteiger partial charge in [-0.05, 0) is 18.2 Å². The van der Waals surface area contributed by atoms with Crippen molar-refractivity contribution >= 4 is 21.2 Å². The van der Waals surface area contributed by atoms with E-state index in [9.17, 15) is 8.42 Å². The van der Waals surface area contributed by atoms with Gasteiger partial charge in [0.2, 0.25) is 9.84 Å². The molecule has 0 amide bonds. The monoisotopic (exact) mass is 268 g/mol. The largest absolute Gasteiger partial charge is 0.250 e. The molecule has 0 bridgehead atoms. The Morgan fingerprint density at radius 2 is 1.42 bits per heavy atom. The number of rotatable bonds is 2. The third-order valence-corrected chi connectivity index (χ3v) is 4.32. The van der Waals surface area contributed by atoms with E-state index < -0.39 is 9.84 Å². The van der Waals surface area contributed by atoms with E-state index in [0.717, 1.165) is 0 Å². The molecule has 19 heavy (non-hydrogen) atoms. The fraction of sp³-hybridized carbons (Fsp3) is 0. The molecule has 0 aliphatic carbocycles. The van der Waals surface area contributed by atoms with Crippen LogP contribution in [-0.4, -0.2) is 8.42 Å². The first kappa shape index (κ1) is 12.8. The van der Waals surface area contributed by atoms with Crippen molar-refractivity contribution in [3.05, 3.63) is 71.4 Å². The molecule has 0 aliphatic rings. The molecule has 0 fully saturated rings. The van der Waals surface area contributed by atoms with E-state index >= 15 is 0 Å². The second kappa shape index (κ2) is 4.93. The van der Waals surface area contributed by atoms with Gasteiger partial charge in [-0.3, -0.25) is 9.69 Å². The lowest BCUT2D eigenvalue weighted by atomic mass is 10.3. The Morgan fingerprint density at radius 1 is 0.789 bits per heavy atom. The summed E-state index contributed by atoms with van der Waals surface area (Å²) in [6.07, 6.45) is 0. The van der Waals surface area contributed by atoms with Gasteiger partial charge in [-0.25, -0.2) is 8.42 Å². The molecule has 0 spiro atoms. The third-order valence-electron chi connectivity index (χ3n) is 2.55. The molecule has 4 nitrogen and oxygen atoms in total. The molecule has 0 aliphatic heterocycles. The Morgan fingerprint density at radius 3 is 2.00 bits per heavy atom. The van der Waals surface area contributed by atoms with Crippen molar-refractivity contribution in [2.24, 2.45) is 0 Å². The summed E-state index contributed by atoms with van der Waals surface area (Å²) in [5.74, 6) is 0. The molecule has 5 heteroatoms. The van der Waals surface area contributed by atoms with Crippen molar-refractivity contribution in [1.29, 1.82) is 0 Å². The van der Waals surface area contributed by atoms with Crippen LogP contribution in [0.1, 0.15) is 0 Å². The van der Waals surface area contributed by atoms with E-state index in [2.05, 4.69) is 9.69 Å². The van der Waals surface area contributed by atoms with Crippen molar-refractivity contribution in [1.82, 2.24) is 0 Å². The minimum atomic E-state index is -3.64. The van der Waals surface area contributed by atoms with Crippen molar-refractivity contribution in [2.75, 3.05) is 0 Å². The van der Waals surface area contributed by atoms with Gasteiger partial charge in [-0.1, -0.05) is 30.3 Å². The summed E-state index contributed by atoms with van der Waals surface area (Å²) in [6, 6.07) is 11.9. The first-order valence-corrected chi connectivity index (χ1v) is 6.77. The number of hydrogen-bond acceptors (Lipinski definition) is 2. The molecule has 0 aromatic heterocycles. The first-order valence-electron chi connectivity index (χ1n) is 5.28. The number of sulfone groups is 1. The average Bonchev–Trinajstić information content (AvgIpc) is 2.47. The maximum atomic E-state index is 12.3. The van der Waals surface area contributed by atoms with Gasteiger partial charge in [0.1, 0.15) is 0 Å². The summed E-state index contributed by atoms with van der Waals surface area (Å²) in [6.45, 7) is 13.9. The Labute approximate surface area is 111 Å². The third kappa shape index (κ3) is 2.33. The summed E-state index contributed by atoms with van der Waals surface area (Å²) in [5.41, 5.74) is 0.203. The van der Waals surface area contributed by atoms with Crippen LogP contribution in [0, 0.1) is 13.1 Å². The topological polar surface area (TPSA) is 42.9 Å². The van der Waals surface area contributed by atoms with E-state index in [-0.39, 0.29) is 21.2 Å². The molecular formula is C14H8N2O2S. The lowest BCUT2D eigenvalue weighted by Gasteiger charge is -2.05. The van der Waals surface area contributed by atoms with E-state index in [1.54, 1.807) is 18.2 Å². The second-order valence-electron chi connectivity index (χ2n) is 3.69. The van der Waals surface area contributed by atoms with Crippen LogP contribution in [0.3, 0.4) is 0 Å². The van der Waals surface area contributed by atoms with Gasteiger partial charge in [0.15, 0.2) is 11.4 Å². The van der Waals surface area contributed by atoms with Gasteiger partial charge in [0.05, 0.1) is 22.9 Å². The maximum absolute atomic E-state index is 12.3. The Hall–Kier alpha value is -2.63. The van der Waals surface area contributed by atoms with E-state index in [1.807, 2.05) is 0 Å². The predicted molar refractivity (Wildman–Crippen MR) is 70.9 cm³/mol. The van der Waals surface area contributed by atoms with Gasteiger partial charge in [-0.2, -0.15) is 0 Å². The van der Waals surface area contributed by atoms with Gasteiger partial charge < -0.3 is 0 Å². The normalized spacial score (nSPS) is 10.4. The van der Waals surface area contributed by atoms with Crippen LogP contribution >= 0.6 is 0 Å². The second-order valence-corrected chi connectivity index (χ2v) is 5.64. The van der Waals surface area contributed by atoms with Crippen molar-refractivity contribution < 1.29 is 8.42 Å². The van der Waals surface area contributed by atoms with E-state index in [1.165, 1.54) is 30.3 Å². The van der Waals surface area contributed by atoms with Crippen LogP contribution in [0.2, 0.25) is 0 Å². The first-order chi connectivity index (χ1) is 9.09. The molecule has 0 unspecified atom stereocenters. The molecule has 0 atom stereocenters. The molecule has 0 saturated heterocycles. The van der Waals surface area contributed by atoms with Crippen LogP contribution in [-0.2, 0) is 9.84 Å². The summed E-state index contributed by atoms with van der Waals surface area (Å²) in [4.78, 5) is 6.55. The lowest BCUT2D eigenvalue weighted by molar-refractivity contribution is 0.596. The zero-order valence-electron chi connectivity index (χ0n) is 9.74. The zero-order chi connectivity index (χ0) is 13.9. The maximum Gasteiger partial charge on any atom is 0.205 e. The molecule has 0 radical (unpaired) electrons. The smallest absolute Gasteiger partial charge is 0.205 e. The summed E-state index contributed by atoms with van der Waals surface area (Å²) in [7, 11) is -3.64. The standard InChI is InChI=1S/C14H8N2O2S/c1-15-13-9-8-12(10-14(13)16-2)19(17,18)11-6-4-3-5-7-11/h3-10H. The van der Waals surface area contributed by atoms with E-state index in [4.69, 9.17) is 13.1 Å². The molecule has 92 valence electrons. The van der Waals surface area contributed by atoms with E-state index in [0.29, 0.717) is 0 Å². The lowest BCUT2D eigenvalue weighted by Crippen LogP contribution is -2.01. The SMILES string of the molecule is [C-]#[N+]c1ccc(S(=O)(=O)c2ccccc2)cc1[N+]#[C-]. The highest BCUT2D eigenvalue weighted by Gasteiger charge is 2.18. The molecule has 2 rings (SSSR count). The molecule has 2 aromatic carbocycles. The number of hydrogen-bond donors (Lipinski definition) is 0. The highest BCUT2D eigenvalue weighted by atomic mass is 32.2. The quantitative estimate of drug-likeness (QED) is 0.781. The Balaban J connectivity index is 2.62. The molecular weight excluding hydrogens is 260 g/mol. The summed E-state index contributed by atoms with van der Waals surface area (Å²) < 4.78 is 24.6. The van der Waals surface area contributed by atoms with Gasteiger partial charge in [0.25, 0.3) is 0 Å². The average molecular weight is 268 g/mol. The number of benzene rings is 2. The van der Waals surface area contributed by atoms with Crippen molar-refractivity contribution in [3.8, 4) is 0 Å². The molecule has 0 N–H and O–H groups in total. The van der Waals surface area contributed by atoms with Gasteiger partial charge in [0, 0.05) is 0 Å². The highest BCUT2D eigenvalue weighted by molar-refractivity contribution is 7.91. The van der Waals surface area contributed by atoms with Crippen LogP contribution in [0.25, 0.3) is 9.69 Å². The fourth-order valence-electron chi connectivity index (χ4n) is 1.59. The van der Waals surface area contributed by atoms with Crippen LogP contribution in [0.5, 0.6) is 0 Å². The van der Waals surface area contributed by atoms with Crippen molar-refractivity contribution in [3.63, 3.8) is 0 Å². The van der Waals surface area contributed by atoms with Gasteiger partial charge >= 0.3 is 0 Å². The minimum absolute atomic E-state index is 0.0251. The summed E-state index contributed by atoms with van der Waals surface area (Å²) in [5, 5.41) is 0. The number of nitrogens with zero attached hydrogens (tertiary/aromatic N) is 2. The predicted octanol–water partition coefficient (Wildman–Crippen LogP) is 3.62. The van der Waals surface area contributed by atoms with Gasteiger partial charge in [-0.15, -0.1) is 0 Å². The zero-order valence-corrected chi connectivity index (χ0v) is 10.6. The highest BCUT2D eigenvalue weighted by Crippen LogP contribution is 2.32. The van der Waals surface area contributed by atoms with Crippen LogP contribution in [0.4, 0.5) is 11.4 Å². The Kier molecular flexibility index (Phi) is 3.33. The van der Waals surface area contributed by atoms with Crippen molar-refractivity contribution in [2.45, 2.75) is 9.79 Å². The molecule has 0 heterocycles. The van der Waals surface area contributed by atoms with Crippen LogP contribution in [0.15, 0.2) is 58.3 Å². The molecule has 0 saturated carbocycles. The minimum Gasteiger partial charge on any atom is -0.250 e. The summed E-state index contributed by atoms with van der Waals surface area (Å²) >= 11 is 0. The molecule has 2 aromatic rings. The van der Waals surface area contributed by atoms with Crippen LogP contribution < -0.4 is 0 Å².